The number of rotatable bonds is 10. The van der Waals surface area contributed by atoms with Crippen LogP contribution >= 0.6 is 0 Å². The van der Waals surface area contributed by atoms with Crippen molar-refractivity contribution in [3.63, 3.8) is 0 Å². The first-order valence-electron chi connectivity index (χ1n) is 6.67. The minimum absolute atomic E-state index is 0.531. The van der Waals surface area contributed by atoms with Gasteiger partial charge in [0.05, 0.1) is 19.8 Å². The summed E-state index contributed by atoms with van der Waals surface area (Å²) in [6.45, 7) is 7.91. The first kappa shape index (κ1) is 16.1. The van der Waals surface area contributed by atoms with Crippen molar-refractivity contribution in [2.75, 3.05) is 40.5 Å². The third-order valence-electron chi connectivity index (χ3n) is 2.68. The Morgan fingerprint density at radius 3 is 2.32 bits per heavy atom. The predicted octanol–water partition coefficient (Wildman–Crippen LogP) is 1.36. The zero-order chi connectivity index (χ0) is 14.1. The fourth-order valence-corrected chi connectivity index (χ4v) is 1.70. The van der Waals surface area contributed by atoms with E-state index in [-0.39, 0.29) is 0 Å². The maximum Gasteiger partial charge on any atom is 0.240 e. The van der Waals surface area contributed by atoms with Crippen LogP contribution in [0, 0.1) is 5.92 Å². The van der Waals surface area contributed by atoms with Crippen LogP contribution in [0.5, 0.6) is 0 Å². The van der Waals surface area contributed by atoms with Crippen LogP contribution in [-0.4, -0.2) is 55.6 Å². The number of methoxy groups -OCH3 is 2. The van der Waals surface area contributed by atoms with E-state index in [0.29, 0.717) is 31.6 Å². The van der Waals surface area contributed by atoms with Gasteiger partial charge in [-0.05, 0) is 5.92 Å². The van der Waals surface area contributed by atoms with Crippen LogP contribution < -0.4 is 0 Å². The zero-order valence-corrected chi connectivity index (χ0v) is 12.4. The van der Waals surface area contributed by atoms with Gasteiger partial charge in [0.15, 0.2) is 5.82 Å². The topological polar surface area (TPSA) is 60.6 Å². The van der Waals surface area contributed by atoms with Crippen molar-refractivity contribution in [1.82, 2.24) is 15.0 Å². The molecule has 0 unspecified atom stereocenters. The molecule has 19 heavy (non-hydrogen) atoms. The maximum atomic E-state index is 5.27. The summed E-state index contributed by atoms with van der Waals surface area (Å²) in [5.41, 5.74) is 0. The minimum atomic E-state index is 0.531. The molecule has 110 valence electrons. The number of ether oxygens (including phenoxy) is 2. The third kappa shape index (κ3) is 6.66. The summed E-state index contributed by atoms with van der Waals surface area (Å²) in [6, 6.07) is 0. The Labute approximate surface area is 115 Å². The highest BCUT2D eigenvalue weighted by molar-refractivity contribution is 4.87. The molecule has 0 spiro atoms. The van der Waals surface area contributed by atoms with E-state index in [9.17, 15) is 0 Å². The predicted molar refractivity (Wildman–Crippen MR) is 71.9 cm³/mol. The Bertz CT molecular complexity index is 334. The summed E-state index contributed by atoms with van der Waals surface area (Å²) >= 11 is 0. The van der Waals surface area contributed by atoms with Crippen molar-refractivity contribution in [2.45, 2.75) is 26.8 Å². The molecule has 0 aliphatic heterocycles. The molecule has 0 atom stereocenters. The van der Waals surface area contributed by atoms with Gasteiger partial charge in [0.2, 0.25) is 5.89 Å². The first-order valence-corrected chi connectivity index (χ1v) is 6.67. The summed E-state index contributed by atoms with van der Waals surface area (Å²) in [5.74, 6) is 1.97. The normalized spacial score (nSPS) is 11.7. The molecule has 0 amide bonds. The Morgan fingerprint density at radius 2 is 1.79 bits per heavy atom. The van der Waals surface area contributed by atoms with Crippen molar-refractivity contribution in [3.8, 4) is 0 Å². The Kier molecular flexibility index (Phi) is 7.62. The molecule has 1 aromatic heterocycles. The van der Waals surface area contributed by atoms with Gasteiger partial charge in [-0.15, -0.1) is 0 Å². The molecule has 6 heteroatoms. The molecule has 0 aromatic carbocycles. The second-order valence-electron chi connectivity index (χ2n) is 4.96. The van der Waals surface area contributed by atoms with Gasteiger partial charge in [0.1, 0.15) is 0 Å². The number of aromatic nitrogens is 2. The number of hydrogen-bond donors (Lipinski definition) is 0. The average Bonchev–Trinajstić information content (AvgIpc) is 2.79. The SMILES string of the molecule is COCCN(CCOC)Cc1nc(CC(C)C)no1. The van der Waals surface area contributed by atoms with Crippen molar-refractivity contribution < 1.29 is 14.0 Å². The Morgan fingerprint density at radius 1 is 1.16 bits per heavy atom. The standard InChI is InChI=1S/C13H25N3O3/c1-11(2)9-12-14-13(19-15-12)10-16(5-7-17-3)6-8-18-4/h11H,5-10H2,1-4H3. The molecule has 1 rings (SSSR count). The van der Waals surface area contributed by atoms with E-state index in [4.69, 9.17) is 14.0 Å². The molecule has 0 aliphatic rings. The quantitative estimate of drug-likeness (QED) is 0.640. The molecule has 0 aliphatic carbocycles. The van der Waals surface area contributed by atoms with E-state index in [1.165, 1.54) is 0 Å². The van der Waals surface area contributed by atoms with Crippen molar-refractivity contribution in [1.29, 1.82) is 0 Å². The molecule has 0 saturated carbocycles. The molecule has 0 N–H and O–H groups in total. The lowest BCUT2D eigenvalue weighted by atomic mass is 10.1. The van der Waals surface area contributed by atoms with Crippen LogP contribution in [0.4, 0.5) is 0 Å². The van der Waals surface area contributed by atoms with Crippen LogP contribution in [-0.2, 0) is 22.4 Å². The van der Waals surface area contributed by atoms with Crippen molar-refractivity contribution >= 4 is 0 Å². The van der Waals surface area contributed by atoms with Crippen LogP contribution in [0.25, 0.3) is 0 Å². The summed E-state index contributed by atoms with van der Waals surface area (Å²) in [7, 11) is 3.39. The molecule has 0 fully saturated rings. The minimum Gasteiger partial charge on any atom is -0.383 e. The molecule has 6 nitrogen and oxygen atoms in total. The maximum absolute atomic E-state index is 5.27. The fraction of sp³-hybridized carbons (Fsp3) is 0.846. The van der Waals surface area contributed by atoms with Crippen LogP contribution in [0.15, 0.2) is 4.52 Å². The number of nitrogens with zero attached hydrogens (tertiary/aromatic N) is 3. The summed E-state index contributed by atoms with van der Waals surface area (Å²) in [4.78, 5) is 6.59. The van der Waals surface area contributed by atoms with Gasteiger partial charge in [-0.25, -0.2) is 0 Å². The summed E-state index contributed by atoms with van der Waals surface area (Å²) in [6.07, 6.45) is 0.847. The highest BCUT2D eigenvalue weighted by atomic mass is 16.5. The van der Waals surface area contributed by atoms with E-state index in [0.717, 1.165) is 25.3 Å². The Hall–Kier alpha value is -0.980. The number of hydrogen-bond acceptors (Lipinski definition) is 6. The van der Waals surface area contributed by atoms with Gasteiger partial charge in [0, 0.05) is 33.7 Å². The molecule has 0 radical (unpaired) electrons. The molecule has 1 heterocycles. The highest BCUT2D eigenvalue weighted by Gasteiger charge is 2.12. The van der Waals surface area contributed by atoms with Gasteiger partial charge in [0.25, 0.3) is 0 Å². The van der Waals surface area contributed by atoms with E-state index in [1.807, 2.05) is 0 Å². The fourth-order valence-electron chi connectivity index (χ4n) is 1.70. The lowest BCUT2D eigenvalue weighted by Gasteiger charge is -2.19. The van der Waals surface area contributed by atoms with Gasteiger partial charge in [-0.1, -0.05) is 19.0 Å². The molecular formula is C13H25N3O3. The molecule has 0 saturated heterocycles. The van der Waals surface area contributed by atoms with Crippen LogP contribution in [0.1, 0.15) is 25.6 Å². The zero-order valence-electron chi connectivity index (χ0n) is 12.4. The summed E-state index contributed by atoms with van der Waals surface area (Å²) < 4.78 is 15.5. The molecule has 0 bridgehead atoms. The molecular weight excluding hydrogens is 246 g/mol. The monoisotopic (exact) mass is 271 g/mol. The van der Waals surface area contributed by atoms with Crippen LogP contribution in [0.3, 0.4) is 0 Å². The lowest BCUT2D eigenvalue weighted by Crippen LogP contribution is -2.30. The van der Waals surface area contributed by atoms with Crippen LogP contribution in [0.2, 0.25) is 0 Å². The largest absolute Gasteiger partial charge is 0.383 e. The van der Waals surface area contributed by atoms with Gasteiger partial charge < -0.3 is 14.0 Å². The van der Waals surface area contributed by atoms with E-state index < -0.39 is 0 Å². The third-order valence-corrected chi connectivity index (χ3v) is 2.68. The van der Waals surface area contributed by atoms with Gasteiger partial charge in [-0.3, -0.25) is 4.90 Å². The van der Waals surface area contributed by atoms with Crippen molar-refractivity contribution in [3.05, 3.63) is 11.7 Å². The summed E-state index contributed by atoms with van der Waals surface area (Å²) in [5, 5.41) is 3.99. The smallest absolute Gasteiger partial charge is 0.240 e. The average molecular weight is 271 g/mol. The van der Waals surface area contributed by atoms with E-state index in [1.54, 1.807) is 14.2 Å². The Balaban J connectivity index is 2.49. The first-order chi connectivity index (χ1) is 9.15. The van der Waals surface area contributed by atoms with E-state index >= 15 is 0 Å². The second kappa shape index (κ2) is 9.01. The second-order valence-corrected chi connectivity index (χ2v) is 4.96. The van der Waals surface area contributed by atoms with Gasteiger partial charge in [-0.2, -0.15) is 4.98 Å². The highest BCUT2D eigenvalue weighted by Crippen LogP contribution is 2.07. The lowest BCUT2D eigenvalue weighted by molar-refractivity contribution is 0.103. The van der Waals surface area contributed by atoms with Gasteiger partial charge >= 0.3 is 0 Å². The molecule has 1 aromatic rings. The van der Waals surface area contributed by atoms with E-state index in [2.05, 4.69) is 28.9 Å². The van der Waals surface area contributed by atoms with Crippen molar-refractivity contribution in [2.24, 2.45) is 5.92 Å².